The molecule has 1 atom stereocenters. The third-order valence-electron chi connectivity index (χ3n) is 4.36. The summed E-state index contributed by atoms with van der Waals surface area (Å²) in [5, 5.41) is 0. The molecule has 1 unspecified atom stereocenters. The predicted octanol–water partition coefficient (Wildman–Crippen LogP) is 4.68. The maximum atomic E-state index is 13.0. The van der Waals surface area contributed by atoms with E-state index in [-0.39, 0.29) is 16.8 Å². The number of imidazole rings is 1. The second-order valence-electron chi connectivity index (χ2n) is 6.76. The van der Waals surface area contributed by atoms with Gasteiger partial charge < -0.3 is 0 Å². The number of fused-ring (bicyclic) bond motifs is 1. The Kier molecular flexibility index (Phi) is 5.20. The minimum absolute atomic E-state index is 0.102. The van der Waals surface area contributed by atoms with Crippen molar-refractivity contribution in [2.24, 2.45) is 4.36 Å². The van der Waals surface area contributed by atoms with Crippen LogP contribution in [0.2, 0.25) is 0 Å². The SMILES string of the molecule is CC(C)[n+]1ccn(-c2nc3ccccc3nc2N=S(=O)(O)c2ccc(Br)cc2)c1. The smallest absolute Gasteiger partial charge is 0.272 e. The van der Waals surface area contributed by atoms with Gasteiger partial charge >= 0.3 is 0 Å². The molecule has 4 aromatic rings. The van der Waals surface area contributed by atoms with E-state index in [0.29, 0.717) is 16.9 Å². The first-order chi connectivity index (χ1) is 13.8. The van der Waals surface area contributed by atoms with Crippen LogP contribution >= 0.6 is 15.9 Å². The molecule has 0 saturated carbocycles. The fourth-order valence-corrected chi connectivity index (χ4v) is 4.02. The van der Waals surface area contributed by atoms with Crippen molar-refractivity contribution in [2.45, 2.75) is 24.8 Å². The molecular weight excluding hydrogens is 454 g/mol. The fraction of sp³-hybridized carbons (Fsp3) is 0.150. The summed E-state index contributed by atoms with van der Waals surface area (Å²) < 4.78 is 32.3. The number of halogens is 1. The molecule has 2 aromatic carbocycles. The summed E-state index contributed by atoms with van der Waals surface area (Å²) in [6, 6.07) is 14.1. The van der Waals surface area contributed by atoms with Crippen LogP contribution < -0.4 is 4.57 Å². The van der Waals surface area contributed by atoms with Crippen molar-refractivity contribution in [3.8, 4) is 5.82 Å². The molecular formula is C20H19BrN5O2S+. The van der Waals surface area contributed by atoms with Crippen molar-refractivity contribution in [1.29, 1.82) is 0 Å². The van der Waals surface area contributed by atoms with Gasteiger partial charge in [-0.1, -0.05) is 28.1 Å². The van der Waals surface area contributed by atoms with Crippen molar-refractivity contribution in [2.75, 3.05) is 0 Å². The topological polar surface area (TPSA) is 84.3 Å². The Morgan fingerprint density at radius 1 is 1.10 bits per heavy atom. The Balaban J connectivity index is 1.94. The molecule has 0 spiro atoms. The quantitative estimate of drug-likeness (QED) is 0.436. The molecule has 0 aliphatic heterocycles. The molecule has 4 rings (SSSR count). The molecule has 9 heteroatoms. The van der Waals surface area contributed by atoms with E-state index in [1.165, 1.54) is 0 Å². The molecule has 29 heavy (non-hydrogen) atoms. The number of nitrogens with zero attached hydrogens (tertiary/aromatic N) is 5. The van der Waals surface area contributed by atoms with E-state index in [1.54, 1.807) is 34.9 Å². The number of aromatic nitrogens is 4. The highest BCUT2D eigenvalue weighted by atomic mass is 79.9. The maximum absolute atomic E-state index is 13.0. The van der Waals surface area contributed by atoms with Crippen LogP contribution in [0.3, 0.4) is 0 Å². The van der Waals surface area contributed by atoms with E-state index in [2.05, 4.69) is 44.1 Å². The second kappa shape index (κ2) is 7.66. The van der Waals surface area contributed by atoms with Crippen molar-refractivity contribution in [1.82, 2.24) is 14.5 Å². The van der Waals surface area contributed by atoms with Crippen molar-refractivity contribution >= 4 is 42.8 Å². The zero-order valence-corrected chi connectivity index (χ0v) is 18.2. The summed E-state index contributed by atoms with van der Waals surface area (Å²) in [5.41, 5.74) is 1.28. The molecule has 0 bridgehead atoms. The maximum Gasteiger partial charge on any atom is 0.272 e. The monoisotopic (exact) mass is 472 g/mol. The molecule has 148 valence electrons. The number of para-hydroxylation sites is 2. The molecule has 0 aliphatic rings. The van der Waals surface area contributed by atoms with Crippen LogP contribution in [-0.2, 0) is 10.0 Å². The molecule has 0 radical (unpaired) electrons. The Morgan fingerprint density at radius 2 is 1.76 bits per heavy atom. The van der Waals surface area contributed by atoms with Crippen LogP contribution in [0.15, 0.2) is 81.0 Å². The molecule has 0 fully saturated rings. The van der Waals surface area contributed by atoms with Gasteiger partial charge in [-0.25, -0.2) is 18.7 Å². The molecule has 2 aromatic heterocycles. The van der Waals surface area contributed by atoms with Gasteiger partial charge in [0.15, 0.2) is 10.0 Å². The largest absolute Gasteiger partial charge is 0.296 e. The average molecular weight is 473 g/mol. The van der Waals surface area contributed by atoms with Crippen LogP contribution in [0.4, 0.5) is 5.82 Å². The van der Waals surface area contributed by atoms with Gasteiger partial charge in [-0.15, -0.1) is 4.36 Å². The molecule has 2 heterocycles. The lowest BCUT2D eigenvalue weighted by Crippen LogP contribution is -2.33. The minimum atomic E-state index is -3.71. The Labute approximate surface area is 177 Å². The summed E-state index contributed by atoms with van der Waals surface area (Å²) in [6.45, 7) is 4.13. The highest BCUT2D eigenvalue weighted by Crippen LogP contribution is 2.26. The van der Waals surface area contributed by atoms with E-state index in [4.69, 9.17) is 0 Å². The second-order valence-corrected chi connectivity index (χ2v) is 9.33. The van der Waals surface area contributed by atoms with E-state index < -0.39 is 10.0 Å². The van der Waals surface area contributed by atoms with E-state index >= 15 is 0 Å². The molecule has 7 nitrogen and oxygen atoms in total. The van der Waals surface area contributed by atoms with E-state index in [0.717, 1.165) is 4.47 Å². The first-order valence-corrected chi connectivity index (χ1v) is 11.2. The van der Waals surface area contributed by atoms with Gasteiger partial charge in [0.05, 0.1) is 22.0 Å². The summed E-state index contributed by atoms with van der Waals surface area (Å²) in [6.07, 6.45) is 5.61. The predicted molar refractivity (Wildman–Crippen MR) is 115 cm³/mol. The summed E-state index contributed by atoms with van der Waals surface area (Å²) in [5.74, 6) is 0.493. The Morgan fingerprint density at radius 3 is 2.38 bits per heavy atom. The summed E-state index contributed by atoms with van der Waals surface area (Å²) in [4.78, 5) is 9.39. The Hall–Kier alpha value is -2.62. The average Bonchev–Trinajstić information content (AvgIpc) is 3.18. The minimum Gasteiger partial charge on any atom is -0.296 e. The highest BCUT2D eigenvalue weighted by Gasteiger charge is 2.20. The van der Waals surface area contributed by atoms with Gasteiger partial charge in [0.1, 0.15) is 12.4 Å². The summed E-state index contributed by atoms with van der Waals surface area (Å²) in [7, 11) is -3.71. The molecule has 0 aliphatic carbocycles. The molecule has 1 N–H and O–H groups in total. The van der Waals surface area contributed by atoms with Crippen molar-refractivity contribution in [3.05, 3.63) is 71.7 Å². The van der Waals surface area contributed by atoms with Crippen LogP contribution in [0, 0.1) is 0 Å². The van der Waals surface area contributed by atoms with Crippen LogP contribution in [0.5, 0.6) is 0 Å². The van der Waals surface area contributed by atoms with E-state index in [9.17, 15) is 8.76 Å². The lowest BCUT2D eigenvalue weighted by molar-refractivity contribution is -0.715. The molecule has 0 saturated heterocycles. The third kappa shape index (κ3) is 4.07. The van der Waals surface area contributed by atoms with Gasteiger partial charge in [-0.3, -0.25) is 4.55 Å². The van der Waals surface area contributed by atoms with Gasteiger partial charge in [0, 0.05) is 4.47 Å². The van der Waals surface area contributed by atoms with Gasteiger partial charge in [0.2, 0.25) is 5.82 Å². The lowest BCUT2D eigenvalue weighted by atomic mass is 10.3. The van der Waals surface area contributed by atoms with Crippen LogP contribution in [0.1, 0.15) is 19.9 Å². The normalized spacial score (nSPS) is 13.6. The van der Waals surface area contributed by atoms with Crippen LogP contribution in [-0.4, -0.2) is 23.3 Å². The van der Waals surface area contributed by atoms with Crippen molar-refractivity contribution in [3.63, 3.8) is 0 Å². The number of hydrogen-bond acceptors (Lipinski definition) is 4. The van der Waals surface area contributed by atoms with Gasteiger partial charge in [-0.05, 0) is 50.2 Å². The third-order valence-corrected chi connectivity index (χ3v) is 6.20. The fourth-order valence-electron chi connectivity index (χ4n) is 2.80. The zero-order chi connectivity index (χ0) is 20.6. The highest BCUT2D eigenvalue weighted by molar-refractivity contribution is 9.10. The standard InChI is InChI=1S/C20H18BrN5O2S/c1-14(2)25-11-12-26(13-25)20-19(22-17-5-3-4-6-18(17)23-20)24-29(27,28)16-9-7-15(21)8-10-16/h3-14H,1-2H3/p+1. The first kappa shape index (κ1) is 19.7. The number of rotatable bonds is 4. The van der Waals surface area contributed by atoms with E-state index in [1.807, 2.05) is 41.5 Å². The number of hydrogen-bond donors (Lipinski definition) is 1. The van der Waals surface area contributed by atoms with Gasteiger partial charge in [0.25, 0.3) is 12.1 Å². The molecule has 0 amide bonds. The lowest BCUT2D eigenvalue weighted by Gasteiger charge is -2.06. The summed E-state index contributed by atoms with van der Waals surface area (Å²) >= 11 is 3.33. The zero-order valence-electron chi connectivity index (χ0n) is 15.8. The first-order valence-electron chi connectivity index (χ1n) is 8.94. The Bertz CT molecular complexity index is 1310. The van der Waals surface area contributed by atoms with Crippen molar-refractivity contribution < 1.29 is 13.3 Å². The van der Waals surface area contributed by atoms with Gasteiger partial charge in [-0.2, -0.15) is 4.57 Å². The number of benzene rings is 2. The van der Waals surface area contributed by atoms with Crippen LogP contribution in [0.25, 0.3) is 16.9 Å².